The number of amides is 1. The van der Waals surface area contributed by atoms with Gasteiger partial charge in [-0.05, 0) is 6.54 Å². The number of nitrogens with one attached hydrogen (secondary N) is 1. The lowest BCUT2D eigenvalue weighted by Crippen LogP contribution is -2.49. The summed E-state index contributed by atoms with van der Waals surface area (Å²) in [6.07, 6.45) is 0.152. The van der Waals surface area contributed by atoms with Gasteiger partial charge in [0.1, 0.15) is 0 Å². The predicted octanol–water partition coefficient (Wildman–Crippen LogP) is -0.225. The fourth-order valence-corrected chi connectivity index (χ4v) is 1.94. The second-order valence-corrected chi connectivity index (χ2v) is 4.55. The summed E-state index contributed by atoms with van der Waals surface area (Å²) in [5.41, 5.74) is 0. The molecule has 0 aromatic heterocycles. The summed E-state index contributed by atoms with van der Waals surface area (Å²) in [5.74, 6) is 0.0957. The van der Waals surface area contributed by atoms with E-state index in [1.165, 1.54) is 0 Å². The second kappa shape index (κ2) is 7.63. The monoisotopic (exact) mass is 243 g/mol. The van der Waals surface area contributed by atoms with Gasteiger partial charge in [-0.2, -0.15) is 0 Å². The van der Waals surface area contributed by atoms with Gasteiger partial charge < -0.3 is 15.0 Å². The molecule has 1 heterocycles. The summed E-state index contributed by atoms with van der Waals surface area (Å²) in [6.45, 7) is 10.2. The molecule has 1 rings (SSSR count). The van der Waals surface area contributed by atoms with Gasteiger partial charge in [0.15, 0.2) is 0 Å². The summed E-state index contributed by atoms with van der Waals surface area (Å²) in [4.78, 5) is 15.3. The first-order chi connectivity index (χ1) is 8.13. The summed E-state index contributed by atoms with van der Waals surface area (Å²) in [7, 11) is 1.82. The Bertz CT molecular complexity index is 236. The van der Waals surface area contributed by atoms with Gasteiger partial charge >= 0.3 is 0 Å². The van der Waals surface area contributed by atoms with Crippen LogP contribution >= 0.6 is 0 Å². The summed E-state index contributed by atoms with van der Waals surface area (Å²) in [6, 6.07) is 0. The predicted molar refractivity (Wildman–Crippen MR) is 68.0 cm³/mol. The van der Waals surface area contributed by atoms with E-state index in [2.05, 4.69) is 17.1 Å². The minimum absolute atomic E-state index is 0.0957. The highest BCUT2D eigenvalue weighted by atomic mass is 16.5. The first-order valence-corrected chi connectivity index (χ1v) is 6.39. The van der Waals surface area contributed by atoms with E-state index in [1.54, 1.807) is 11.8 Å². The first kappa shape index (κ1) is 14.4. The van der Waals surface area contributed by atoms with Crippen LogP contribution in [0.4, 0.5) is 0 Å². The van der Waals surface area contributed by atoms with Gasteiger partial charge in [-0.15, -0.1) is 0 Å². The van der Waals surface area contributed by atoms with Crippen LogP contribution in [0.15, 0.2) is 0 Å². The normalized spacial score (nSPS) is 21.5. The van der Waals surface area contributed by atoms with Gasteiger partial charge in [-0.3, -0.25) is 9.69 Å². The Balaban J connectivity index is 2.25. The molecule has 1 aliphatic rings. The van der Waals surface area contributed by atoms with Crippen molar-refractivity contribution >= 4 is 5.91 Å². The molecule has 1 fully saturated rings. The second-order valence-electron chi connectivity index (χ2n) is 4.55. The van der Waals surface area contributed by atoms with Gasteiger partial charge in [0, 0.05) is 46.7 Å². The van der Waals surface area contributed by atoms with Crippen molar-refractivity contribution < 1.29 is 9.53 Å². The van der Waals surface area contributed by atoms with Crippen LogP contribution in [0.3, 0.4) is 0 Å². The Hall–Kier alpha value is -0.650. The standard InChI is InChI=1S/C12H25N3O2/c1-4-13-5-6-15-7-8-17-12(10-15)9-14(3)11(2)16/h12-13H,4-10H2,1-3H3/t12-/m1/s1. The molecule has 0 aliphatic carbocycles. The molecule has 17 heavy (non-hydrogen) atoms. The maximum Gasteiger partial charge on any atom is 0.219 e. The summed E-state index contributed by atoms with van der Waals surface area (Å²) < 4.78 is 5.68. The number of carbonyl (C=O) groups excluding carboxylic acids is 1. The van der Waals surface area contributed by atoms with Crippen molar-refractivity contribution in [1.82, 2.24) is 15.1 Å². The average Bonchev–Trinajstić information content (AvgIpc) is 2.30. The molecule has 1 amide bonds. The Morgan fingerprint density at radius 1 is 1.59 bits per heavy atom. The molecular formula is C12H25N3O2. The van der Waals surface area contributed by atoms with Crippen LogP contribution in [0, 0.1) is 0 Å². The number of likely N-dealkylation sites (N-methyl/N-ethyl adjacent to an activating group) is 2. The lowest BCUT2D eigenvalue weighted by molar-refractivity contribution is -0.130. The quantitative estimate of drug-likeness (QED) is 0.655. The molecule has 0 saturated carbocycles. The topological polar surface area (TPSA) is 44.8 Å². The van der Waals surface area contributed by atoms with E-state index in [0.717, 1.165) is 39.3 Å². The lowest BCUT2D eigenvalue weighted by atomic mass is 10.2. The number of morpholine rings is 1. The third-order valence-corrected chi connectivity index (χ3v) is 3.09. The Labute approximate surface area is 104 Å². The van der Waals surface area contributed by atoms with Crippen molar-refractivity contribution in [2.75, 3.05) is 52.9 Å². The van der Waals surface area contributed by atoms with Crippen LogP contribution in [0.2, 0.25) is 0 Å². The molecule has 100 valence electrons. The third-order valence-electron chi connectivity index (χ3n) is 3.09. The van der Waals surface area contributed by atoms with Crippen LogP contribution in [0.1, 0.15) is 13.8 Å². The van der Waals surface area contributed by atoms with Crippen molar-refractivity contribution in [3.63, 3.8) is 0 Å². The third kappa shape index (κ3) is 5.48. The van der Waals surface area contributed by atoms with Crippen molar-refractivity contribution in [3.8, 4) is 0 Å². The maximum absolute atomic E-state index is 11.2. The van der Waals surface area contributed by atoms with Crippen molar-refractivity contribution in [2.24, 2.45) is 0 Å². The molecule has 0 aromatic carbocycles. The molecule has 5 heteroatoms. The van der Waals surface area contributed by atoms with E-state index in [0.29, 0.717) is 6.54 Å². The Morgan fingerprint density at radius 2 is 2.35 bits per heavy atom. The highest BCUT2D eigenvalue weighted by molar-refractivity contribution is 5.72. The lowest BCUT2D eigenvalue weighted by Gasteiger charge is -2.34. The number of nitrogens with zero attached hydrogens (tertiary/aromatic N) is 2. The molecule has 5 nitrogen and oxygen atoms in total. The zero-order valence-electron chi connectivity index (χ0n) is 11.2. The average molecular weight is 243 g/mol. The minimum Gasteiger partial charge on any atom is -0.374 e. The fraction of sp³-hybridized carbons (Fsp3) is 0.917. The van der Waals surface area contributed by atoms with E-state index in [4.69, 9.17) is 4.74 Å². The van der Waals surface area contributed by atoms with Gasteiger partial charge in [0.05, 0.1) is 12.7 Å². The SMILES string of the molecule is CCNCCN1CCO[C@H](CN(C)C(C)=O)C1. The molecule has 0 unspecified atom stereocenters. The Kier molecular flexibility index (Phi) is 6.47. The van der Waals surface area contributed by atoms with Gasteiger partial charge in [-0.1, -0.05) is 6.92 Å². The number of carbonyl (C=O) groups is 1. The molecule has 1 N–H and O–H groups in total. The van der Waals surface area contributed by atoms with Crippen LogP contribution < -0.4 is 5.32 Å². The smallest absolute Gasteiger partial charge is 0.219 e. The zero-order valence-corrected chi connectivity index (χ0v) is 11.2. The van der Waals surface area contributed by atoms with E-state index < -0.39 is 0 Å². The minimum atomic E-state index is 0.0957. The molecule has 0 spiro atoms. The largest absolute Gasteiger partial charge is 0.374 e. The van der Waals surface area contributed by atoms with E-state index in [-0.39, 0.29) is 12.0 Å². The van der Waals surface area contributed by atoms with E-state index >= 15 is 0 Å². The number of hydrogen-bond donors (Lipinski definition) is 1. The van der Waals surface area contributed by atoms with E-state index in [9.17, 15) is 4.79 Å². The van der Waals surface area contributed by atoms with Gasteiger partial charge in [0.2, 0.25) is 5.91 Å². The maximum atomic E-state index is 11.2. The van der Waals surface area contributed by atoms with Crippen molar-refractivity contribution in [3.05, 3.63) is 0 Å². The number of ether oxygens (including phenoxy) is 1. The molecular weight excluding hydrogens is 218 g/mol. The Morgan fingerprint density at radius 3 is 3.00 bits per heavy atom. The fourth-order valence-electron chi connectivity index (χ4n) is 1.94. The molecule has 1 saturated heterocycles. The number of rotatable bonds is 6. The first-order valence-electron chi connectivity index (χ1n) is 6.39. The van der Waals surface area contributed by atoms with Gasteiger partial charge in [-0.25, -0.2) is 0 Å². The van der Waals surface area contributed by atoms with Crippen LogP contribution in [-0.4, -0.2) is 74.7 Å². The molecule has 0 bridgehead atoms. The molecule has 0 radical (unpaired) electrons. The zero-order chi connectivity index (χ0) is 12.7. The van der Waals surface area contributed by atoms with Crippen LogP contribution in [-0.2, 0) is 9.53 Å². The van der Waals surface area contributed by atoms with Gasteiger partial charge in [0.25, 0.3) is 0 Å². The van der Waals surface area contributed by atoms with Crippen LogP contribution in [0.5, 0.6) is 0 Å². The van der Waals surface area contributed by atoms with Crippen molar-refractivity contribution in [1.29, 1.82) is 0 Å². The highest BCUT2D eigenvalue weighted by Gasteiger charge is 2.21. The molecule has 0 aromatic rings. The van der Waals surface area contributed by atoms with Crippen LogP contribution in [0.25, 0.3) is 0 Å². The molecule has 1 aliphatic heterocycles. The van der Waals surface area contributed by atoms with E-state index in [1.807, 2.05) is 7.05 Å². The summed E-state index contributed by atoms with van der Waals surface area (Å²) in [5, 5.41) is 3.32. The van der Waals surface area contributed by atoms with Crippen molar-refractivity contribution in [2.45, 2.75) is 20.0 Å². The summed E-state index contributed by atoms with van der Waals surface area (Å²) >= 11 is 0. The highest BCUT2D eigenvalue weighted by Crippen LogP contribution is 2.06. The molecule has 1 atom stereocenters. The number of hydrogen-bond acceptors (Lipinski definition) is 4.